The van der Waals surface area contributed by atoms with E-state index in [1.165, 1.54) is 0 Å². The predicted molar refractivity (Wildman–Crippen MR) is 75.9 cm³/mol. The van der Waals surface area contributed by atoms with Crippen molar-refractivity contribution in [3.8, 4) is 0 Å². The molecule has 0 rings (SSSR count). The molecule has 0 aliphatic carbocycles. The molecular formula is C9H24BF3Si3. The Hall–Kier alpha value is 0.506. The molecule has 7 heteroatoms. The third-order valence-corrected chi connectivity index (χ3v) is 6.97. The second-order valence-corrected chi connectivity index (χ2v) is 18.2. The fourth-order valence-corrected chi connectivity index (χ4v) is 8.13. The zero-order valence-electron chi connectivity index (χ0n) is 11.3. The van der Waals surface area contributed by atoms with Crippen molar-refractivity contribution in [3.05, 3.63) is 0 Å². The highest BCUT2D eigenvalue weighted by molar-refractivity contribution is 6.97. The van der Waals surface area contributed by atoms with Gasteiger partial charge in [-0.05, 0) is 39.3 Å². The number of halogens is 3. The van der Waals surface area contributed by atoms with Gasteiger partial charge in [0, 0.05) is 0 Å². The Morgan fingerprint density at radius 1 is 0.625 bits per heavy atom. The van der Waals surface area contributed by atoms with E-state index in [0.29, 0.717) is 17.8 Å². The smallest absolute Gasteiger partial charge is 0.234 e. The third-order valence-electron chi connectivity index (χ3n) is 2.32. The molecule has 0 bridgehead atoms. The van der Waals surface area contributed by atoms with Gasteiger partial charge in [-0.15, -0.1) is 0 Å². The topological polar surface area (TPSA) is 0 Å². The van der Waals surface area contributed by atoms with Crippen LogP contribution < -0.4 is 0 Å². The van der Waals surface area contributed by atoms with Gasteiger partial charge in [-0.3, -0.25) is 0 Å². The molecule has 0 unspecified atom stereocenters. The number of hydrogen-bond donors (Lipinski definition) is 0. The lowest BCUT2D eigenvalue weighted by Gasteiger charge is -2.25. The van der Waals surface area contributed by atoms with Gasteiger partial charge in [-0.25, -0.2) is 0 Å². The molecule has 0 nitrogen and oxygen atoms in total. The number of hydrogen-bond acceptors (Lipinski definition) is 0. The standard InChI is InChI=1S/C9H24BF3Si3/c1-14(2,11)7-10(8-15(3,4)12)9-16(5,6)13/h7-9H2,1-6H3. The van der Waals surface area contributed by atoms with Crippen LogP contribution in [0.3, 0.4) is 0 Å². The van der Waals surface area contributed by atoms with Crippen molar-refractivity contribution in [2.24, 2.45) is 0 Å². The number of rotatable bonds is 6. The van der Waals surface area contributed by atoms with E-state index >= 15 is 0 Å². The minimum absolute atomic E-state index is 0.0787. The molecule has 0 fully saturated rings. The minimum Gasteiger partial charge on any atom is -0.315 e. The van der Waals surface area contributed by atoms with Crippen LogP contribution in [0.25, 0.3) is 0 Å². The highest BCUT2D eigenvalue weighted by atomic mass is 28.4. The van der Waals surface area contributed by atoms with Crippen molar-refractivity contribution in [3.63, 3.8) is 0 Å². The zero-order valence-corrected chi connectivity index (χ0v) is 14.3. The molecule has 0 aliphatic heterocycles. The van der Waals surface area contributed by atoms with Gasteiger partial charge in [0.2, 0.25) is 25.2 Å². The van der Waals surface area contributed by atoms with Crippen LogP contribution in [-0.2, 0) is 0 Å². The highest BCUT2D eigenvalue weighted by Gasteiger charge is 2.38. The second kappa shape index (κ2) is 5.43. The Balaban J connectivity index is 4.53. The predicted octanol–water partition coefficient (Wildman–Crippen LogP) is 4.62. The fourth-order valence-electron chi connectivity index (χ4n) is 2.28. The van der Waals surface area contributed by atoms with Gasteiger partial charge in [0.15, 0.2) is 0 Å². The van der Waals surface area contributed by atoms with Crippen molar-refractivity contribution >= 4 is 31.9 Å². The Morgan fingerprint density at radius 3 is 0.938 bits per heavy atom. The fraction of sp³-hybridized carbons (Fsp3) is 1.00. The maximum Gasteiger partial charge on any atom is 0.234 e. The summed E-state index contributed by atoms with van der Waals surface area (Å²) in [4.78, 5) is 0. The summed E-state index contributed by atoms with van der Waals surface area (Å²) in [7, 11) is -8.13. The quantitative estimate of drug-likeness (QED) is 0.493. The molecule has 0 aromatic carbocycles. The first kappa shape index (κ1) is 16.5. The summed E-state index contributed by atoms with van der Waals surface area (Å²) < 4.78 is 41.1. The van der Waals surface area contributed by atoms with Crippen LogP contribution in [0.5, 0.6) is 0 Å². The van der Waals surface area contributed by atoms with Gasteiger partial charge in [-0.1, -0.05) is 17.8 Å². The molecule has 96 valence electrons. The van der Waals surface area contributed by atoms with E-state index in [9.17, 15) is 12.3 Å². The van der Waals surface area contributed by atoms with E-state index < -0.39 is 25.2 Å². The van der Waals surface area contributed by atoms with E-state index in [2.05, 4.69) is 0 Å². The summed E-state index contributed by atoms with van der Waals surface area (Å²) in [6, 6.07) is 0. The van der Waals surface area contributed by atoms with Crippen LogP contribution in [0.15, 0.2) is 0 Å². The summed E-state index contributed by atoms with van der Waals surface area (Å²) in [5, 5.41) is 0. The summed E-state index contributed by atoms with van der Waals surface area (Å²) >= 11 is 0. The molecule has 0 amide bonds. The van der Waals surface area contributed by atoms with E-state index in [4.69, 9.17) is 0 Å². The molecule has 0 saturated carbocycles. The first-order valence-corrected chi connectivity index (χ1v) is 15.1. The van der Waals surface area contributed by atoms with Crippen molar-refractivity contribution in [1.29, 1.82) is 0 Å². The van der Waals surface area contributed by atoms with Crippen LogP contribution in [0.4, 0.5) is 12.3 Å². The molecule has 0 spiro atoms. The van der Waals surface area contributed by atoms with Crippen LogP contribution >= 0.6 is 0 Å². The highest BCUT2D eigenvalue weighted by Crippen LogP contribution is 2.27. The average Bonchev–Trinajstić information content (AvgIpc) is 1.70. The minimum atomic E-state index is -2.71. The largest absolute Gasteiger partial charge is 0.315 e. The second-order valence-electron chi connectivity index (χ2n) is 6.63. The molecule has 0 saturated heterocycles. The van der Waals surface area contributed by atoms with Gasteiger partial charge < -0.3 is 12.3 Å². The van der Waals surface area contributed by atoms with Crippen LogP contribution in [-0.4, -0.2) is 31.9 Å². The average molecular weight is 284 g/mol. The molecular weight excluding hydrogens is 260 g/mol. The SMILES string of the molecule is C[Si](C)(F)CB(C[Si](C)(C)F)C[Si](C)(C)F. The lowest BCUT2D eigenvalue weighted by molar-refractivity contribution is 0.793. The van der Waals surface area contributed by atoms with Crippen molar-refractivity contribution < 1.29 is 12.3 Å². The monoisotopic (exact) mass is 284 g/mol. The molecule has 0 radical (unpaired) electrons. The van der Waals surface area contributed by atoms with Crippen LogP contribution in [0.1, 0.15) is 0 Å². The third kappa shape index (κ3) is 11.0. The van der Waals surface area contributed by atoms with Crippen LogP contribution in [0, 0.1) is 0 Å². The summed E-state index contributed by atoms with van der Waals surface area (Å²) in [5.41, 5.74) is 0. The van der Waals surface area contributed by atoms with Crippen molar-refractivity contribution in [2.75, 3.05) is 0 Å². The Morgan fingerprint density at radius 2 is 0.812 bits per heavy atom. The Labute approximate surface area is 102 Å². The maximum absolute atomic E-state index is 13.7. The first-order chi connectivity index (χ1) is 6.79. The normalized spacial score (nSPS) is 14.1. The van der Waals surface area contributed by atoms with Gasteiger partial charge in [0.05, 0.1) is 0 Å². The van der Waals surface area contributed by atoms with Crippen molar-refractivity contribution in [2.45, 2.75) is 57.1 Å². The van der Waals surface area contributed by atoms with E-state index in [-0.39, 0.29) is 6.71 Å². The lowest BCUT2D eigenvalue weighted by Crippen LogP contribution is -2.39. The van der Waals surface area contributed by atoms with E-state index in [1.807, 2.05) is 0 Å². The maximum atomic E-state index is 13.7. The summed E-state index contributed by atoms with van der Waals surface area (Å²) in [5.74, 6) is 1.23. The Kier molecular flexibility index (Phi) is 5.60. The molecule has 16 heavy (non-hydrogen) atoms. The van der Waals surface area contributed by atoms with Crippen LogP contribution in [0.2, 0.25) is 57.1 Å². The molecule has 0 aromatic rings. The summed E-state index contributed by atoms with van der Waals surface area (Å²) in [6.07, 6.45) is 0. The van der Waals surface area contributed by atoms with Gasteiger partial charge in [0.1, 0.15) is 6.71 Å². The molecule has 0 atom stereocenters. The van der Waals surface area contributed by atoms with Crippen molar-refractivity contribution in [1.82, 2.24) is 0 Å². The van der Waals surface area contributed by atoms with Gasteiger partial charge >= 0.3 is 0 Å². The molecule has 0 aromatic heterocycles. The lowest BCUT2D eigenvalue weighted by atomic mass is 9.56. The van der Waals surface area contributed by atoms with Gasteiger partial charge in [0.25, 0.3) is 0 Å². The molecule has 0 N–H and O–H groups in total. The van der Waals surface area contributed by atoms with Gasteiger partial charge in [-0.2, -0.15) is 0 Å². The first-order valence-electron chi connectivity index (χ1n) is 5.85. The summed E-state index contributed by atoms with van der Waals surface area (Å²) in [6.45, 7) is 9.67. The zero-order chi connectivity index (χ0) is 13.2. The molecule has 0 aliphatic rings. The molecule has 0 heterocycles. The Bertz CT molecular complexity index is 179. The van der Waals surface area contributed by atoms with E-state index in [0.717, 1.165) is 0 Å². The van der Waals surface area contributed by atoms with E-state index in [1.54, 1.807) is 39.3 Å².